The Bertz CT molecular complexity index is 649. The minimum atomic E-state index is -0.822. The van der Waals surface area contributed by atoms with Crippen LogP contribution in [0.1, 0.15) is 42.5 Å². The van der Waals surface area contributed by atoms with Crippen LogP contribution >= 0.6 is 12.4 Å². The Morgan fingerprint density at radius 1 is 1.32 bits per heavy atom. The van der Waals surface area contributed by atoms with Crippen LogP contribution in [-0.2, 0) is 6.42 Å². The van der Waals surface area contributed by atoms with Crippen molar-refractivity contribution in [2.45, 2.75) is 37.6 Å². The number of nitrogens with zero attached hydrogens (tertiary/aromatic N) is 2. The van der Waals surface area contributed by atoms with E-state index in [1.54, 1.807) is 6.07 Å². The Labute approximate surface area is 133 Å². The summed E-state index contributed by atoms with van der Waals surface area (Å²) in [5.74, 6) is -0.133. The first kappa shape index (κ1) is 16.8. The maximum Gasteiger partial charge on any atom is 0.230 e. The predicted molar refractivity (Wildman–Crippen MR) is 80.2 cm³/mol. The average Bonchev–Trinajstić information content (AvgIpc) is 3.14. The zero-order valence-corrected chi connectivity index (χ0v) is 13.2. The molecule has 2 aromatic rings. The summed E-state index contributed by atoms with van der Waals surface area (Å²) in [5.41, 5.74) is 0.780. The van der Waals surface area contributed by atoms with Crippen molar-refractivity contribution in [3.05, 3.63) is 47.1 Å². The van der Waals surface area contributed by atoms with Gasteiger partial charge in [0.05, 0.1) is 0 Å². The van der Waals surface area contributed by atoms with E-state index in [0.717, 1.165) is 18.1 Å². The summed E-state index contributed by atoms with van der Waals surface area (Å²) in [6, 6.07) is 4.30. The number of nitrogens with one attached hydrogen (secondary N) is 1. The van der Waals surface area contributed by atoms with Gasteiger partial charge in [-0.2, -0.15) is 4.98 Å². The molecule has 0 spiro atoms. The second kappa shape index (κ2) is 6.71. The summed E-state index contributed by atoms with van der Waals surface area (Å²) in [7, 11) is 1.88. The number of hydrogen-bond donors (Lipinski definition) is 1. The third-order valence-electron chi connectivity index (χ3n) is 3.94. The second-order valence-electron chi connectivity index (χ2n) is 5.56. The summed E-state index contributed by atoms with van der Waals surface area (Å²) >= 11 is 0. The SMILES string of the molecule is CNC(C)Cc1noc(C2CC2c2ccc(F)c(F)c2)n1.Cl. The van der Waals surface area contributed by atoms with E-state index in [0.29, 0.717) is 18.1 Å². The Morgan fingerprint density at radius 2 is 2.09 bits per heavy atom. The van der Waals surface area contributed by atoms with Gasteiger partial charge in [-0.3, -0.25) is 0 Å². The summed E-state index contributed by atoms with van der Waals surface area (Å²) in [5, 5.41) is 7.08. The fourth-order valence-corrected chi connectivity index (χ4v) is 2.46. The largest absolute Gasteiger partial charge is 0.339 e. The average molecular weight is 330 g/mol. The van der Waals surface area contributed by atoms with Crippen molar-refractivity contribution in [1.29, 1.82) is 0 Å². The van der Waals surface area contributed by atoms with E-state index in [1.165, 1.54) is 6.07 Å². The zero-order valence-electron chi connectivity index (χ0n) is 12.3. The normalized spacial score (nSPS) is 21.3. The molecule has 1 aromatic heterocycles. The number of benzene rings is 1. The number of halogens is 3. The van der Waals surface area contributed by atoms with Gasteiger partial charge in [0, 0.05) is 18.4 Å². The van der Waals surface area contributed by atoms with Gasteiger partial charge in [0.25, 0.3) is 0 Å². The summed E-state index contributed by atoms with van der Waals surface area (Å²) in [6.07, 6.45) is 1.52. The lowest BCUT2D eigenvalue weighted by molar-refractivity contribution is 0.371. The second-order valence-corrected chi connectivity index (χ2v) is 5.56. The van der Waals surface area contributed by atoms with Gasteiger partial charge >= 0.3 is 0 Å². The molecule has 120 valence electrons. The highest BCUT2D eigenvalue weighted by atomic mass is 35.5. The molecular weight excluding hydrogens is 312 g/mol. The molecule has 7 heteroatoms. The van der Waals surface area contributed by atoms with Gasteiger partial charge in [0.2, 0.25) is 5.89 Å². The Morgan fingerprint density at radius 3 is 2.77 bits per heavy atom. The van der Waals surface area contributed by atoms with Crippen LogP contribution in [0.4, 0.5) is 8.78 Å². The molecule has 0 amide bonds. The number of aromatic nitrogens is 2. The highest BCUT2D eigenvalue weighted by molar-refractivity contribution is 5.85. The maximum absolute atomic E-state index is 13.3. The smallest absolute Gasteiger partial charge is 0.230 e. The monoisotopic (exact) mass is 329 g/mol. The summed E-state index contributed by atoms with van der Waals surface area (Å²) in [6.45, 7) is 2.04. The topological polar surface area (TPSA) is 51.0 Å². The Balaban J connectivity index is 0.00000176. The lowest BCUT2D eigenvalue weighted by atomic mass is 10.1. The summed E-state index contributed by atoms with van der Waals surface area (Å²) in [4.78, 5) is 4.39. The van der Waals surface area contributed by atoms with Crippen LogP contribution in [0.15, 0.2) is 22.7 Å². The number of hydrogen-bond acceptors (Lipinski definition) is 4. The fraction of sp³-hybridized carbons (Fsp3) is 0.467. The molecule has 1 saturated carbocycles. The molecule has 1 fully saturated rings. The van der Waals surface area contributed by atoms with Gasteiger partial charge in [-0.05, 0) is 44.0 Å². The van der Waals surface area contributed by atoms with Crippen molar-refractivity contribution in [2.75, 3.05) is 7.05 Å². The molecule has 1 aromatic carbocycles. The van der Waals surface area contributed by atoms with E-state index in [-0.39, 0.29) is 30.3 Å². The van der Waals surface area contributed by atoms with Gasteiger partial charge in [-0.15, -0.1) is 12.4 Å². The van der Waals surface area contributed by atoms with Crippen LogP contribution in [0, 0.1) is 11.6 Å². The van der Waals surface area contributed by atoms with Gasteiger partial charge in [-0.1, -0.05) is 11.2 Å². The van der Waals surface area contributed by atoms with Crippen molar-refractivity contribution >= 4 is 12.4 Å². The van der Waals surface area contributed by atoms with E-state index < -0.39 is 11.6 Å². The number of likely N-dealkylation sites (N-methyl/N-ethyl adjacent to an activating group) is 1. The van der Waals surface area contributed by atoms with E-state index in [4.69, 9.17) is 4.52 Å². The lowest BCUT2D eigenvalue weighted by Crippen LogP contribution is -2.24. The van der Waals surface area contributed by atoms with Gasteiger partial charge < -0.3 is 9.84 Å². The molecular formula is C15H18ClF2N3O. The Kier molecular flexibility index (Phi) is 5.13. The molecule has 22 heavy (non-hydrogen) atoms. The van der Waals surface area contributed by atoms with E-state index in [2.05, 4.69) is 15.5 Å². The highest BCUT2D eigenvalue weighted by Crippen LogP contribution is 2.54. The molecule has 0 aliphatic heterocycles. The van der Waals surface area contributed by atoms with Crippen LogP contribution in [0.25, 0.3) is 0 Å². The lowest BCUT2D eigenvalue weighted by Gasteiger charge is -2.04. The molecule has 3 rings (SSSR count). The van der Waals surface area contributed by atoms with E-state index in [1.807, 2.05) is 14.0 Å². The minimum Gasteiger partial charge on any atom is -0.339 e. The molecule has 4 nitrogen and oxygen atoms in total. The van der Waals surface area contributed by atoms with Crippen LogP contribution < -0.4 is 5.32 Å². The zero-order chi connectivity index (χ0) is 15.0. The van der Waals surface area contributed by atoms with Crippen LogP contribution in [-0.4, -0.2) is 23.2 Å². The van der Waals surface area contributed by atoms with Crippen molar-refractivity contribution in [3.8, 4) is 0 Å². The minimum absolute atomic E-state index is 0. The highest BCUT2D eigenvalue weighted by Gasteiger charge is 2.44. The van der Waals surface area contributed by atoms with Gasteiger partial charge in [0.1, 0.15) is 0 Å². The first-order valence-electron chi connectivity index (χ1n) is 7.03. The first-order chi connectivity index (χ1) is 10.1. The molecule has 3 unspecified atom stereocenters. The third kappa shape index (κ3) is 3.44. The Hall–Kier alpha value is -1.53. The third-order valence-corrected chi connectivity index (χ3v) is 3.94. The quantitative estimate of drug-likeness (QED) is 0.915. The molecule has 0 bridgehead atoms. The predicted octanol–water partition coefficient (Wildman–Crippen LogP) is 3.19. The molecule has 1 aliphatic rings. The number of rotatable bonds is 5. The van der Waals surface area contributed by atoms with Crippen molar-refractivity contribution in [3.63, 3.8) is 0 Å². The molecule has 0 radical (unpaired) electrons. The van der Waals surface area contributed by atoms with Crippen molar-refractivity contribution in [2.24, 2.45) is 0 Å². The van der Waals surface area contributed by atoms with Crippen molar-refractivity contribution < 1.29 is 13.3 Å². The van der Waals surface area contributed by atoms with E-state index in [9.17, 15) is 8.78 Å². The van der Waals surface area contributed by atoms with Crippen molar-refractivity contribution in [1.82, 2.24) is 15.5 Å². The van der Waals surface area contributed by atoms with Crippen LogP contribution in [0.5, 0.6) is 0 Å². The summed E-state index contributed by atoms with van der Waals surface area (Å²) < 4.78 is 31.5. The molecule has 0 saturated heterocycles. The molecule has 1 aliphatic carbocycles. The van der Waals surface area contributed by atoms with Gasteiger partial charge in [-0.25, -0.2) is 8.78 Å². The molecule has 1 heterocycles. The van der Waals surface area contributed by atoms with Gasteiger partial charge in [0.15, 0.2) is 17.5 Å². The fourth-order valence-electron chi connectivity index (χ4n) is 2.46. The molecule has 3 atom stereocenters. The first-order valence-corrected chi connectivity index (χ1v) is 7.03. The maximum atomic E-state index is 13.3. The molecule has 1 N–H and O–H groups in total. The van der Waals surface area contributed by atoms with E-state index >= 15 is 0 Å². The van der Waals surface area contributed by atoms with Crippen LogP contribution in [0.3, 0.4) is 0 Å². The van der Waals surface area contributed by atoms with Crippen LogP contribution in [0.2, 0.25) is 0 Å². The standard InChI is InChI=1S/C15H17F2N3O.ClH/c1-8(18-2)5-14-19-15(21-20-14)11-7-10(11)9-3-4-12(16)13(17)6-9;/h3-4,6,8,10-11,18H,5,7H2,1-2H3;1H.